The summed E-state index contributed by atoms with van der Waals surface area (Å²) in [6.45, 7) is 3.09. The standard InChI is InChI=1S/C13H17NO3/c1-5-16-12-3-2-10(8-13(12)17-6-1)14-11-4-7-15-9-11/h2-3,8,11,14H,1,4-7,9H2. The lowest BCUT2D eigenvalue weighted by molar-refractivity contribution is 0.195. The summed E-state index contributed by atoms with van der Waals surface area (Å²) in [5.41, 5.74) is 1.07. The zero-order valence-corrected chi connectivity index (χ0v) is 9.78. The second-order valence-corrected chi connectivity index (χ2v) is 4.42. The molecule has 1 fully saturated rings. The minimum Gasteiger partial charge on any atom is -0.490 e. The molecule has 17 heavy (non-hydrogen) atoms. The molecule has 0 aromatic heterocycles. The van der Waals surface area contributed by atoms with Crippen molar-refractivity contribution in [3.63, 3.8) is 0 Å². The van der Waals surface area contributed by atoms with Crippen LogP contribution in [0.1, 0.15) is 12.8 Å². The molecule has 1 aromatic carbocycles. The molecule has 2 heterocycles. The van der Waals surface area contributed by atoms with Gasteiger partial charge in [-0.25, -0.2) is 0 Å². The van der Waals surface area contributed by atoms with Crippen LogP contribution in [0.25, 0.3) is 0 Å². The van der Waals surface area contributed by atoms with Gasteiger partial charge in [0.2, 0.25) is 0 Å². The smallest absolute Gasteiger partial charge is 0.163 e. The summed E-state index contributed by atoms with van der Waals surface area (Å²) in [4.78, 5) is 0. The van der Waals surface area contributed by atoms with Gasteiger partial charge in [0.05, 0.1) is 25.9 Å². The maximum atomic E-state index is 5.66. The summed E-state index contributed by atoms with van der Waals surface area (Å²) >= 11 is 0. The molecule has 2 aliphatic rings. The van der Waals surface area contributed by atoms with Gasteiger partial charge in [0, 0.05) is 24.8 Å². The SMILES string of the molecule is c1cc2c(cc1NC1CCOC1)OCCCO2. The fraction of sp³-hybridized carbons (Fsp3) is 0.538. The first-order valence-corrected chi connectivity index (χ1v) is 6.16. The first kappa shape index (κ1) is 10.7. The summed E-state index contributed by atoms with van der Waals surface area (Å²) in [5, 5.41) is 3.45. The van der Waals surface area contributed by atoms with Crippen molar-refractivity contribution in [1.82, 2.24) is 0 Å². The van der Waals surface area contributed by atoms with Crippen LogP contribution in [0.4, 0.5) is 5.69 Å². The van der Waals surface area contributed by atoms with Gasteiger partial charge < -0.3 is 19.5 Å². The maximum absolute atomic E-state index is 5.66. The van der Waals surface area contributed by atoms with Gasteiger partial charge in [-0.15, -0.1) is 0 Å². The fourth-order valence-electron chi connectivity index (χ4n) is 2.14. The molecular formula is C13H17NO3. The highest BCUT2D eigenvalue weighted by Crippen LogP contribution is 2.32. The molecule has 0 radical (unpaired) electrons. The fourth-order valence-corrected chi connectivity index (χ4v) is 2.14. The number of fused-ring (bicyclic) bond motifs is 1. The van der Waals surface area contributed by atoms with Gasteiger partial charge in [-0.1, -0.05) is 0 Å². The number of hydrogen-bond acceptors (Lipinski definition) is 4. The largest absolute Gasteiger partial charge is 0.490 e. The Bertz CT molecular complexity index is 388. The molecule has 92 valence electrons. The minimum absolute atomic E-state index is 0.416. The van der Waals surface area contributed by atoms with Crippen LogP contribution in [-0.4, -0.2) is 32.5 Å². The molecule has 3 rings (SSSR count). The van der Waals surface area contributed by atoms with Gasteiger partial charge in [-0.3, -0.25) is 0 Å². The zero-order valence-electron chi connectivity index (χ0n) is 9.78. The molecule has 0 saturated carbocycles. The molecule has 4 heteroatoms. The van der Waals surface area contributed by atoms with E-state index in [-0.39, 0.29) is 0 Å². The zero-order chi connectivity index (χ0) is 11.5. The van der Waals surface area contributed by atoms with Crippen LogP contribution in [-0.2, 0) is 4.74 Å². The Labute approximate surface area is 101 Å². The van der Waals surface area contributed by atoms with Crippen LogP contribution in [0, 0.1) is 0 Å². The highest BCUT2D eigenvalue weighted by molar-refractivity contribution is 5.55. The Morgan fingerprint density at radius 3 is 2.76 bits per heavy atom. The van der Waals surface area contributed by atoms with E-state index < -0.39 is 0 Å². The van der Waals surface area contributed by atoms with Crippen LogP contribution in [0.15, 0.2) is 18.2 Å². The van der Waals surface area contributed by atoms with Crippen molar-refractivity contribution >= 4 is 5.69 Å². The van der Waals surface area contributed by atoms with Crippen LogP contribution >= 0.6 is 0 Å². The van der Waals surface area contributed by atoms with Crippen LogP contribution in [0.3, 0.4) is 0 Å². The number of nitrogens with one attached hydrogen (secondary N) is 1. The topological polar surface area (TPSA) is 39.7 Å². The van der Waals surface area contributed by atoms with Crippen LogP contribution in [0.5, 0.6) is 11.5 Å². The van der Waals surface area contributed by atoms with Gasteiger partial charge in [0.1, 0.15) is 0 Å². The first-order chi connectivity index (χ1) is 8.42. The van der Waals surface area contributed by atoms with E-state index in [1.807, 2.05) is 18.2 Å². The third-order valence-corrected chi connectivity index (χ3v) is 3.05. The van der Waals surface area contributed by atoms with Crippen molar-refractivity contribution in [2.24, 2.45) is 0 Å². The molecule has 0 amide bonds. The van der Waals surface area contributed by atoms with E-state index in [0.717, 1.165) is 56.5 Å². The summed E-state index contributed by atoms with van der Waals surface area (Å²) < 4.78 is 16.6. The van der Waals surface area contributed by atoms with E-state index in [9.17, 15) is 0 Å². The molecule has 0 spiro atoms. The van der Waals surface area contributed by atoms with E-state index in [0.29, 0.717) is 6.04 Å². The van der Waals surface area contributed by atoms with Crippen molar-refractivity contribution in [1.29, 1.82) is 0 Å². The lowest BCUT2D eigenvalue weighted by Gasteiger charge is -2.14. The van der Waals surface area contributed by atoms with Crippen molar-refractivity contribution in [2.75, 3.05) is 31.7 Å². The number of ether oxygens (including phenoxy) is 3. The van der Waals surface area contributed by atoms with E-state index >= 15 is 0 Å². The van der Waals surface area contributed by atoms with Crippen LogP contribution in [0.2, 0.25) is 0 Å². The molecule has 0 aliphatic carbocycles. The first-order valence-electron chi connectivity index (χ1n) is 6.16. The van der Waals surface area contributed by atoms with Gasteiger partial charge in [0.15, 0.2) is 11.5 Å². The summed E-state index contributed by atoms with van der Waals surface area (Å²) in [7, 11) is 0. The van der Waals surface area contributed by atoms with Gasteiger partial charge in [-0.05, 0) is 18.6 Å². The second-order valence-electron chi connectivity index (χ2n) is 4.42. The van der Waals surface area contributed by atoms with E-state index in [4.69, 9.17) is 14.2 Å². The van der Waals surface area contributed by atoms with Crippen molar-refractivity contribution in [3.05, 3.63) is 18.2 Å². The van der Waals surface area contributed by atoms with E-state index in [2.05, 4.69) is 5.32 Å². The Hall–Kier alpha value is -1.42. The van der Waals surface area contributed by atoms with Gasteiger partial charge in [-0.2, -0.15) is 0 Å². The van der Waals surface area contributed by atoms with E-state index in [1.54, 1.807) is 0 Å². The third kappa shape index (κ3) is 2.47. The molecule has 0 bridgehead atoms. The van der Waals surface area contributed by atoms with Crippen molar-refractivity contribution < 1.29 is 14.2 Å². The Balaban J connectivity index is 1.74. The average Bonchev–Trinajstić information content (AvgIpc) is 2.73. The summed E-state index contributed by atoms with van der Waals surface area (Å²) in [5.74, 6) is 1.68. The summed E-state index contributed by atoms with van der Waals surface area (Å²) in [6.07, 6.45) is 2.00. The van der Waals surface area contributed by atoms with Crippen LogP contribution < -0.4 is 14.8 Å². The van der Waals surface area contributed by atoms with E-state index in [1.165, 1.54) is 0 Å². The highest BCUT2D eigenvalue weighted by Gasteiger charge is 2.16. The van der Waals surface area contributed by atoms with Gasteiger partial charge >= 0.3 is 0 Å². The Morgan fingerprint density at radius 1 is 1.06 bits per heavy atom. The molecule has 1 N–H and O–H groups in total. The monoisotopic (exact) mass is 235 g/mol. The lowest BCUT2D eigenvalue weighted by Crippen LogP contribution is -2.18. The Morgan fingerprint density at radius 2 is 1.94 bits per heavy atom. The predicted octanol–water partition coefficient (Wildman–Crippen LogP) is 2.05. The molecule has 4 nitrogen and oxygen atoms in total. The number of rotatable bonds is 2. The molecule has 1 saturated heterocycles. The number of benzene rings is 1. The number of hydrogen-bond donors (Lipinski definition) is 1. The maximum Gasteiger partial charge on any atom is 0.163 e. The minimum atomic E-state index is 0.416. The lowest BCUT2D eigenvalue weighted by atomic mass is 10.2. The molecule has 2 aliphatic heterocycles. The molecule has 1 atom stereocenters. The predicted molar refractivity (Wildman–Crippen MR) is 64.9 cm³/mol. The quantitative estimate of drug-likeness (QED) is 0.851. The number of anilines is 1. The normalized spacial score (nSPS) is 23.2. The molecule has 1 unspecified atom stereocenters. The third-order valence-electron chi connectivity index (χ3n) is 3.05. The Kier molecular flexibility index (Phi) is 3.05. The second kappa shape index (κ2) is 4.84. The highest BCUT2D eigenvalue weighted by atomic mass is 16.5. The van der Waals surface area contributed by atoms with Gasteiger partial charge in [0.25, 0.3) is 0 Å². The van der Waals surface area contributed by atoms with Crippen molar-refractivity contribution in [3.8, 4) is 11.5 Å². The average molecular weight is 235 g/mol. The molecule has 1 aromatic rings. The van der Waals surface area contributed by atoms with Crippen molar-refractivity contribution in [2.45, 2.75) is 18.9 Å². The molecular weight excluding hydrogens is 218 g/mol. The summed E-state index contributed by atoms with van der Waals surface area (Å²) in [6, 6.07) is 6.43.